The average molecular weight is 248 g/mol. The van der Waals surface area contributed by atoms with Gasteiger partial charge >= 0.3 is 0 Å². The topological polar surface area (TPSA) is 24.5 Å². The second-order valence-corrected chi connectivity index (χ2v) is 5.57. The fourth-order valence-corrected chi connectivity index (χ4v) is 2.49. The third-order valence-electron chi connectivity index (χ3n) is 3.80. The molecule has 0 atom stereocenters. The molecule has 18 heavy (non-hydrogen) atoms. The second-order valence-electron chi connectivity index (χ2n) is 5.57. The Labute approximate surface area is 110 Å². The molecule has 100 valence electrons. The van der Waals surface area contributed by atoms with Gasteiger partial charge in [0.05, 0.1) is 7.11 Å². The van der Waals surface area contributed by atoms with Gasteiger partial charge in [-0.15, -0.1) is 0 Å². The molecular formula is C15H24N2O. The molecule has 1 aliphatic rings. The normalized spacial score (nSPS) is 19.7. The van der Waals surface area contributed by atoms with Gasteiger partial charge in [0.1, 0.15) is 5.75 Å². The highest BCUT2D eigenvalue weighted by Crippen LogP contribution is 2.17. The smallest absolute Gasteiger partial charge is 0.118 e. The van der Waals surface area contributed by atoms with Crippen molar-refractivity contribution in [2.24, 2.45) is 0 Å². The number of rotatable bonds is 4. The maximum Gasteiger partial charge on any atom is 0.118 e. The number of benzene rings is 1. The maximum absolute atomic E-state index is 5.18. The van der Waals surface area contributed by atoms with Gasteiger partial charge in [0.2, 0.25) is 0 Å². The summed E-state index contributed by atoms with van der Waals surface area (Å²) in [7, 11) is 1.71. The number of hydrogen-bond acceptors (Lipinski definition) is 3. The molecule has 0 aliphatic carbocycles. The molecule has 1 aromatic rings. The van der Waals surface area contributed by atoms with Gasteiger partial charge in [-0.1, -0.05) is 12.1 Å². The lowest BCUT2D eigenvalue weighted by molar-refractivity contribution is 0.0921. The minimum Gasteiger partial charge on any atom is -0.497 e. The molecule has 1 aliphatic heterocycles. The number of ether oxygens (including phenoxy) is 1. The van der Waals surface area contributed by atoms with Crippen LogP contribution >= 0.6 is 0 Å². The SMILES string of the molecule is COc1ccc(CCN2CCNCC2(C)C)cc1. The van der Waals surface area contributed by atoms with Crippen LogP contribution in [-0.4, -0.2) is 43.7 Å². The Balaban J connectivity index is 1.90. The fraction of sp³-hybridized carbons (Fsp3) is 0.600. The molecule has 0 radical (unpaired) electrons. The molecule has 1 aromatic carbocycles. The van der Waals surface area contributed by atoms with E-state index in [2.05, 4.69) is 36.2 Å². The monoisotopic (exact) mass is 248 g/mol. The van der Waals surface area contributed by atoms with Gasteiger partial charge in [-0.25, -0.2) is 0 Å². The van der Waals surface area contributed by atoms with E-state index in [-0.39, 0.29) is 5.54 Å². The van der Waals surface area contributed by atoms with E-state index in [1.54, 1.807) is 7.11 Å². The molecule has 0 bridgehead atoms. The van der Waals surface area contributed by atoms with E-state index >= 15 is 0 Å². The summed E-state index contributed by atoms with van der Waals surface area (Å²) in [6.07, 6.45) is 1.10. The van der Waals surface area contributed by atoms with Crippen LogP contribution < -0.4 is 10.1 Å². The van der Waals surface area contributed by atoms with E-state index < -0.39 is 0 Å². The third kappa shape index (κ3) is 3.24. The Morgan fingerprint density at radius 1 is 1.28 bits per heavy atom. The van der Waals surface area contributed by atoms with Crippen LogP contribution in [0.15, 0.2) is 24.3 Å². The Morgan fingerprint density at radius 2 is 2.00 bits per heavy atom. The van der Waals surface area contributed by atoms with E-state index in [1.165, 1.54) is 5.56 Å². The van der Waals surface area contributed by atoms with E-state index in [9.17, 15) is 0 Å². The average Bonchev–Trinajstić information content (AvgIpc) is 2.38. The standard InChI is InChI=1S/C15H24N2O/c1-15(2)12-16-9-11-17(15)10-8-13-4-6-14(18-3)7-5-13/h4-7,16H,8-12H2,1-3H3. The van der Waals surface area contributed by atoms with Crippen LogP contribution in [0.3, 0.4) is 0 Å². The fourth-order valence-electron chi connectivity index (χ4n) is 2.49. The number of nitrogens with one attached hydrogen (secondary N) is 1. The highest BCUT2D eigenvalue weighted by atomic mass is 16.5. The van der Waals surface area contributed by atoms with Gasteiger partial charge < -0.3 is 10.1 Å². The van der Waals surface area contributed by atoms with Gasteiger partial charge in [-0.3, -0.25) is 4.90 Å². The number of hydrogen-bond donors (Lipinski definition) is 1. The predicted molar refractivity (Wildman–Crippen MR) is 75.2 cm³/mol. The number of piperazine rings is 1. The van der Waals surface area contributed by atoms with E-state index in [1.807, 2.05) is 12.1 Å². The van der Waals surface area contributed by atoms with Crippen molar-refractivity contribution in [3.05, 3.63) is 29.8 Å². The van der Waals surface area contributed by atoms with Crippen LogP contribution in [0, 0.1) is 0 Å². The molecule has 0 unspecified atom stereocenters. The zero-order valence-corrected chi connectivity index (χ0v) is 11.7. The Morgan fingerprint density at radius 3 is 2.61 bits per heavy atom. The van der Waals surface area contributed by atoms with Crippen molar-refractivity contribution >= 4 is 0 Å². The molecule has 0 aromatic heterocycles. The van der Waals surface area contributed by atoms with Crippen LogP contribution in [-0.2, 0) is 6.42 Å². The lowest BCUT2D eigenvalue weighted by Gasteiger charge is -2.43. The molecule has 1 saturated heterocycles. The summed E-state index contributed by atoms with van der Waals surface area (Å²) in [5, 5.41) is 3.46. The summed E-state index contributed by atoms with van der Waals surface area (Å²) >= 11 is 0. The van der Waals surface area contributed by atoms with Crippen LogP contribution in [0.25, 0.3) is 0 Å². The first kappa shape index (κ1) is 13.4. The zero-order valence-electron chi connectivity index (χ0n) is 11.7. The van der Waals surface area contributed by atoms with Crippen molar-refractivity contribution in [3.8, 4) is 5.75 Å². The Kier molecular flexibility index (Phi) is 4.25. The summed E-state index contributed by atoms with van der Waals surface area (Å²) in [6, 6.07) is 8.40. The first-order valence-electron chi connectivity index (χ1n) is 6.70. The van der Waals surface area contributed by atoms with Gasteiger partial charge in [-0.05, 0) is 38.0 Å². The van der Waals surface area contributed by atoms with Crippen molar-refractivity contribution in [1.29, 1.82) is 0 Å². The first-order chi connectivity index (χ1) is 8.62. The summed E-state index contributed by atoms with van der Waals surface area (Å²) in [5.74, 6) is 0.932. The van der Waals surface area contributed by atoms with Crippen LogP contribution in [0.1, 0.15) is 19.4 Å². The summed E-state index contributed by atoms with van der Waals surface area (Å²) < 4.78 is 5.18. The molecule has 3 heteroatoms. The van der Waals surface area contributed by atoms with Crippen molar-refractivity contribution < 1.29 is 4.74 Å². The molecule has 2 rings (SSSR count). The lowest BCUT2D eigenvalue weighted by Crippen LogP contribution is -2.58. The van der Waals surface area contributed by atoms with Gasteiger partial charge in [-0.2, -0.15) is 0 Å². The maximum atomic E-state index is 5.18. The molecule has 1 heterocycles. The molecule has 1 fully saturated rings. The van der Waals surface area contributed by atoms with E-state index in [0.717, 1.165) is 38.3 Å². The lowest BCUT2D eigenvalue weighted by atomic mass is 9.99. The molecule has 0 spiro atoms. The van der Waals surface area contributed by atoms with Crippen molar-refractivity contribution in [2.45, 2.75) is 25.8 Å². The Bertz CT molecular complexity index is 373. The van der Waals surface area contributed by atoms with Gasteiger partial charge in [0.25, 0.3) is 0 Å². The van der Waals surface area contributed by atoms with Crippen LogP contribution in [0.2, 0.25) is 0 Å². The van der Waals surface area contributed by atoms with Crippen molar-refractivity contribution in [3.63, 3.8) is 0 Å². The van der Waals surface area contributed by atoms with Crippen molar-refractivity contribution in [2.75, 3.05) is 33.3 Å². The van der Waals surface area contributed by atoms with Gasteiger partial charge in [0.15, 0.2) is 0 Å². The molecule has 3 nitrogen and oxygen atoms in total. The third-order valence-corrected chi connectivity index (χ3v) is 3.80. The minimum absolute atomic E-state index is 0.269. The summed E-state index contributed by atoms with van der Waals surface area (Å²) in [6.45, 7) is 9.08. The van der Waals surface area contributed by atoms with E-state index in [4.69, 9.17) is 4.74 Å². The first-order valence-corrected chi connectivity index (χ1v) is 6.70. The minimum atomic E-state index is 0.269. The molecule has 0 saturated carbocycles. The Hall–Kier alpha value is -1.06. The quantitative estimate of drug-likeness (QED) is 0.881. The van der Waals surface area contributed by atoms with E-state index in [0.29, 0.717) is 0 Å². The summed E-state index contributed by atoms with van der Waals surface area (Å²) in [4.78, 5) is 2.58. The molecule has 0 amide bonds. The van der Waals surface area contributed by atoms with Crippen LogP contribution in [0.4, 0.5) is 0 Å². The van der Waals surface area contributed by atoms with Gasteiger partial charge in [0, 0.05) is 31.7 Å². The highest BCUT2D eigenvalue weighted by Gasteiger charge is 2.28. The second kappa shape index (κ2) is 5.72. The predicted octanol–water partition coefficient (Wildman–Crippen LogP) is 1.92. The van der Waals surface area contributed by atoms with Crippen molar-refractivity contribution in [1.82, 2.24) is 10.2 Å². The van der Waals surface area contributed by atoms with Crippen LogP contribution in [0.5, 0.6) is 5.75 Å². The number of nitrogens with zero attached hydrogens (tertiary/aromatic N) is 1. The molecule has 1 N–H and O–H groups in total. The molecular weight excluding hydrogens is 224 g/mol. The largest absolute Gasteiger partial charge is 0.497 e. The zero-order chi connectivity index (χ0) is 13.0. The number of methoxy groups -OCH3 is 1. The highest BCUT2D eigenvalue weighted by molar-refractivity contribution is 5.27. The summed E-state index contributed by atoms with van der Waals surface area (Å²) in [5.41, 5.74) is 1.65.